The van der Waals surface area contributed by atoms with Gasteiger partial charge in [-0.2, -0.15) is 0 Å². The third kappa shape index (κ3) is 3.75. The number of hydrogen-bond donors (Lipinski definition) is 3. The second kappa shape index (κ2) is 7.12. The Bertz CT molecular complexity index is 799. The number of nitrogens with zero attached hydrogens (tertiary/aromatic N) is 3. The molecule has 8 nitrogen and oxygen atoms in total. The fraction of sp³-hybridized carbons (Fsp3) is 0.412. The molecule has 8 heteroatoms. The monoisotopic (exact) mass is 347 g/mol. The Morgan fingerprint density at radius 3 is 2.48 bits per heavy atom. The summed E-state index contributed by atoms with van der Waals surface area (Å²) in [6.07, 6.45) is 2.72. The van der Waals surface area contributed by atoms with Gasteiger partial charge in [0.25, 0.3) is 0 Å². The second-order valence-corrected chi connectivity index (χ2v) is 6.23. The molecule has 2 heterocycles. The van der Waals surface area contributed by atoms with E-state index in [9.17, 15) is 24.9 Å². The SMILES string of the molecule is Cc1cn(-c2ccc(C(=O)CC(O)(C(=O)O)C(C)C)nc2CO)cn1. The van der Waals surface area contributed by atoms with Gasteiger partial charge in [0, 0.05) is 6.20 Å². The molecule has 3 N–H and O–H groups in total. The van der Waals surface area contributed by atoms with Crippen LogP contribution in [0.15, 0.2) is 24.7 Å². The highest BCUT2D eigenvalue weighted by Crippen LogP contribution is 2.24. The number of aliphatic hydroxyl groups is 2. The van der Waals surface area contributed by atoms with Crippen LogP contribution in [0.5, 0.6) is 0 Å². The molecule has 0 saturated heterocycles. The smallest absolute Gasteiger partial charge is 0.336 e. The van der Waals surface area contributed by atoms with Gasteiger partial charge in [-0.3, -0.25) is 4.79 Å². The second-order valence-electron chi connectivity index (χ2n) is 6.23. The fourth-order valence-electron chi connectivity index (χ4n) is 2.42. The van der Waals surface area contributed by atoms with E-state index in [1.165, 1.54) is 19.9 Å². The van der Waals surface area contributed by atoms with E-state index >= 15 is 0 Å². The molecule has 0 aliphatic rings. The molecule has 1 unspecified atom stereocenters. The van der Waals surface area contributed by atoms with Crippen molar-refractivity contribution >= 4 is 11.8 Å². The van der Waals surface area contributed by atoms with Crippen molar-refractivity contribution in [1.29, 1.82) is 0 Å². The molecule has 2 rings (SSSR count). The molecule has 0 aromatic carbocycles. The number of carbonyl (C=O) groups excluding carboxylic acids is 1. The summed E-state index contributed by atoms with van der Waals surface area (Å²) in [4.78, 5) is 32.0. The minimum Gasteiger partial charge on any atom is -0.479 e. The van der Waals surface area contributed by atoms with Gasteiger partial charge in [0.1, 0.15) is 5.69 Å². The summed E-state index contributed by atoms with van der Waals surface area (Å²) in [6, 6.07) is 3.04. The number of carboxylic acid groups (broad SMARTS) is 1. The van der Waals surface area contributed by atoms with Gasteiger partial charge in [0.05, 0.1) is 36.4 Å². The fourth-order valence-corrected chi connectivity index (χ4v) is 2.42. The molecule has 0 spiro atoms. The Labute approximate surface area is 144 Å². The van der Waals surface area contributed by atoms with Crippen molar-refractivity contribution in [3.63, 3.8) is 0 Å². The number of carbonyl (C=O) groups is 2. The number of ketones is 1. The lowest BCUT2D eigenvalue weighted by Gasteiger charge is -2.26. The van der Waals surface area contributed by atoms with E-state index in [1.54, 1.807) is 23.2 Å². The first-order valence-corrected chi connectivity index (χ1v) is 7.79. The first kappa shape index (κ1) is 18.8. The maximum atomic E-state index is 12.4. The van der Waals surface area contributed by atoms with E-state index < -0.39 is 36.3 Å². The van der Waals surface area contributed by atoms with Crippen molar-refractivity contribution in [2.24, 2.45) is 5.92 Å². The largest absolute Gasteiger partial charge is 0.479 e. The molecule has 0 saturated carbocycles. The van der Waals surface area contributed by atoms with Gasteiger partial charge < -0.3 is 19.9 Å². The van der Waals surface area contributed by atoms with Gasteiger partial charge in [-0.1, -0.05) is 13.8 Å². The number of Topliss-reactive ketones (excluding diaryl/α,β-unsaturated/α-hetero) is 1. The van der Waals surface area contributed by atoms with Crippen LogP contribution in [0.25, 0.3) is 5.69 Å². The molecule has 0 aliphatic carbocycles. The van der Waals surface area contributed by atoms with Crippen LogP contribution in [0.4, 0.5) is 0 Å². The summed E-state index contributed by atoms with van der Waals surface area (Å²) in [5.74, 6) is -2.72. The number of hydrogen-bond acceptors (Lipinski definition) is 6. The maximum Gasteiger partial charge on any atom is 0.336 e. The summed E-state index contributed by atoms with van der Waals surface area (Å²) in [5, 5.41) is 29.0. The average Bonchev–Trinajstić information content (AvgIpc) is 2.99. The number of imidazole rings is 1. The number of rotatable bonds is 7. The van der Waals surface area contributed by atoms with E-state index in [2.05, 4.69) is 9.97 Å². The van der Waals surface area contributed by atoms with Gasteiger partial charge >= 0.3 is 5.97 Å². The predicted molar refractivity (Wildman–Crippen MR) is 88.4 cm³/mol. The first-order valence-electron chi connectivity index (χ1n) is 7.79. The summed E-state index contributed by atoms with van der Waals surface area (Å²) in [5.41, 5.74) is -0.570. The third-order valence-electron chi connectivity index (χ3n) is 4.13. The van der Waals surface area contributed by atoms with Crippen LogP contribution in [-0.2, 0) is 11.4 Å². The first-order chi connectivity index (χ1) is 11.7. The molecule has 134 valence electrons. The molecular formula is C17H21N3O5. The Kier molecular flexibility index (Phi) is 5.34. The highest BCUT2D eigenvalue weighted by Gasteiger charge is 2.42. The van der Waals surface area contributed by atoms with E-state index in [4.69, 9.17) is 0 Å². The Hall–Kier alpha value is -2.58. The zero-order chi connectivity index (χ0) is 18.8. The zero-order valence-corrected chi connectivity index (χ0v) is 14.3. The molecular weight excluding hydrogens is 326 g/mol. The van der Waals surface area contributed by atoms with Crippen molar-refractivity contribution in [2.45, 2.75) is 39.4 Å². The number of carboxylic acids is 1. The quantitative estimate of drug-likeness (QED) is 0.641. The number of aromatic nitrogens is 3. The predicted octanol–water partition coefficient (Wildman–Crippen LogP) is 1.11. The molecule has 1 atom stereocenters. The van der Waals surface area contributed by atoms with E-state index in [1.807, 2.05) is 6.92 Å². The lowest BCUT2D eigenvalue weighted by molar-refractivity contribution is -0.163. The Morgan fingerprint density at radius 2 is 2.00 bits per heavy atom. The summed E-state index contributed by atoms with van der Waals surface area (Å²) in [6.45, 7) is 4.47. The average molecular weight is 347 g/mol. The Balaban J connectivity index is 2.34. The van der Waals surface area contributed by atoms with Crippen LogP contribution < -0.4 is 0 Å². The van der Waals surface area contributed by atoms with Crippen molar-refractivity contribution < 1.29 is 24.9 Å². The Morgan fingerprint density at radius 1 is 1.32 bits per heavy atom. The molecule has 0 fully saturated rings. The minimum atomic E-state index is -2.17. The molecule has 2 aromatic rings. The van der Waals surface area contributed by atoms with Crippen LogP contribution in [0.3, 0.4) is 0 Å². The normalized spacial score (nSPS) is 13.7. The summed E-state index contributed by atoms with van der Waals surface area (Å²) >= 11 is 0. The lowest BCUT2D eigenvalue weighted by atomic mass is 9.85. The van der Waals surface area contributed by atoms with E-state index in [0.717, 1.165) is 5.69 Å². The van der Waals surface area contributed by atoms with Crippen molar-refractivity contribution in [2.75, 3.05) is 0 Å². The molecule has 0 bridgehead atoms. The van der Waals surface area contributed by atoms with E-state index in [-0.39, 0.29) is 11.4 Å². The van der Waals surface area contributed by atoms with Gasteiger partial charge in [0.15, 0.2) is 11.4 Å². The number of pyridine rings is 1. The van der Waals surface area contributed by atoms with Crippen molar-refractivity contribution in [3.8, 4) is 5.69 Å². The molecule has 0 radical (unpaired) electrons. The van der Waals surface area contributed by atoms with Crippen LogP contribution in [-0.4, -0.2) is 47.2 Å². The molecule has 25 heavy (non-hydrogen) atoms. The maximum absolute atomic E-state index is 12.4. The van der Waals surface area contributed by atoms with Crippen LogP contribution in [0.1, 0.15) is 42.1 Å². The van der Waals surface area contributed by atoms with E-state index in [0.29, 0.717) is 5.69 Å². The van der Waals surface area contributed by atoms with Gasteiger partial charge in [0.2, 0.25) is 0 Å². The lowest BCUT2D eigenvalue weighted by Crippen LogP contribution is -2.45. The highest BCUT2D eigenvalue weighted by molar-refractivity contribution is 5.98. The number of aliphatic hydroxyl groups excluding tert-OH is 1. The van der Waals surface area contributed by atoms with Gasteiger partial charge in [-0.25, -0.2) is 14.8 Å². The van der Waals surface area contributed by atoms with Crippen LogP contribution >= 0.6 is 0 Å². The minimum absolute atomic E-state index is 0.00929. The van der Waals surface area contributed by atoms with Gasteiger partial charge in [-0.05, 0) is 25.0 Å². The number of aliphatic carboxylic acids is 1. The molecule has 2 aromatic heterocycles. The summed E-state index contributed by atoms with van der Waals surface area (Å²) in [7, 11) is 0. The molecule has 0 aliphatic heterocycles. The number of aryl methyl sites for hydroxylation is 1. The topological polar surface area (TPSA) is 126 Å². The van der Waals surface area contributed by atoms with Crippen LogP contribution in [0.2, 0.25) is 0 Å². The standard InChI is InChI=1S/C17H21N3O5/c1-10(2)17(25,16(23)24)6-15(22)12-4-5-14(13(8-21)19-12)20-7-11(3)18-9-20/h4-5,7,9-10,21,25H,6,8H2,1-3H3,(H,23,24). The van der Waals surface area contributed by atoms with Crippen LogP contribution in [0, 0.1) is 12.8 Å². The zero-order valence-electron chi connectivity index (χ0n) is 14.3. The van der Waals surface area contributed by atoms with Crippen molar-refractivity contribution in [3.05, 3.63) is 41.7 Å². The molecule has 0 amide bonds. The van der Waals surface area contributed by atoms with Crippen molar-refractivity contribution in [1.82, 2.24) is 14.5 Å². The summed E-state index contributed by atoms with van der Waals surface area (Å²) < 4.78 is 1.67. The highest BCUT2D eigenvalue weighted by atomic mass is 16.4. The third-order valence-corrected chi connectivity index (χ3v) is 4.13. The van der Waals surface area contributed by atoms with Gasteiger partial charge in [-0.15, -0.1) is 0 Å².